The van der Waals surface area contributed by atoms with Gasteiger partial charge < -0.3 is 0 Å². The number of aryl methyl sites for hydroxylation is 3. The van der Waals surface area contributed by atoms with Crippen molar-refractivity contribution in [1.29, 1.82) is 0 Å². The van der Waals surface area contributed by atoms with Crippen LogP contribution in [0.4, 0.5) is 5.69 Å². The van der Waals surface area contributed by atoms with Crippen LogP contribution in [0.2, 0.25) is 0 Å². The zero-order valence-corrected chi connectivity index (χ0v) is 13.0. The Labute approximate surface area is 120 Å². The van der Waals surface area contributed by atoms with Crippen LogP contribution in [0.5, 0.6) is 0 Å². The van der Waals surface area contributed by atoms with E-state index in [9.17, 15) is 8.42 Å². The molecule has 0 atom stereocenters. The maximum Gasteiger partial charge on any atom is 0.262 e. The molecule has 0 amide bonds. The third-order valence-corrected chi connectivity index (χ3v) is 4.99. The lowest BCUT2D eigenvalue weighted by Gasteiger charge is -2.14. The molecule has 2 rings (SSSR count). The molecular weight excluding hydrogens is 270 g/mol. The van der Waals surface area contributed by atoms with Crippen LogP contribution in [0.15, 0.2) is 41.3 Å². The number of rotatable bonds is 3. The summed E-state index contributed by atoms with van der Waals surface area (Å²) in [6.07, 6.45) is 0. The number of nitrogens with one attached hydrogen (secondary N) is 1. The van der Waals surface area contributed by atoms with E-state index in [-0.39, 0.29) is 0 Å². The Morgan fingerprint density at radius 3 is 2.30 bits per heavy atom. The van der Waals surface area contributed by atoms with Gasteiger partial charge in [0.25, 0.3) is 10.0 Å². The van der Waals surface area contributed by atoms with Crippen molar-refractivity contribution in [2.24, 2.45) is 0 Å². The van der Waals surface area contributed by atoms with Crippen molar-refractivity contribution >= 4 is 15.7 Å². The van der Waals surface area contributed by atoms with Crippen LogP contribution in [0.25, 0.3) is 0 Å². The third-order valence-electron chi connectivity index (χ3n) is 3.48. The van der Waals surface area contributed by atoms with Crippen LogP contribution < -0.4 is 4.72 Å². The van der Waals surface area contributed by atoms with E-state index in [4.69, 9.17) is 0 Å². The molecule has 0 spiro atoms. The van der Waals surface area contributed by atoms with Crippen molar-refractivity contribution in [1.82, 2.24) is 0 Å². The first-order valence-electron chi connectivity index (χ1n) is 6.47. The molecule has 0 fully saturated rings. The zero-order chi connectivity index (χ0) is 14.9. The van der Waals surface area contributed by atoms with Crippen molar-refractivity contribution in [2.75, 3.05) is 4.72 Å². The highest BCUT2D eigenvalue weighted by atomic mass is 32.2. The van der Waals surface area contributed by atoms with E-state index < -0.39 is 10.0 Å². The molecule has 0 aliphatic heterocycles. The molecule has 0 heterocycles. The van der Waals surface area contributed by atoms with E-state index in [1.165, 1.54) is 0 Å². The monoisotopic (exact) mass is 289 g/mol. The minimum atomic E-state index is -3.56. The van der Waals surface area contributed by atoms with Crippen LogP contribution in [0.3, 0.4) is 0 Å². The van der Waals surface area contributed by atoms with E-state index in [1.54, 1.807) is 19.1 Å². The van der Waals surface area contributed by atoms with Gasteiger partial charge in [-0.2, -0.15) is 0 Å². The molecule has 0 bridgehead atoms. The molecule has 2 aromatic rings. The standard InChI is InChI=1S/C16H19NO2S/c1-11-8-9-13(3)16(10-11)20(18,19)17-15-7-5-6-12(2)14(15)4/h5-10,17H,1-4H3. The summed E-state index contributed by atoms with van der Waals surface area (Å²) in [5, 5.41) is 0. The van der Waals surface area contributed by atoms with Crippen LogP contribution in [-0.2, 0) is 10.0 Å². The molecule has 0 saturated heterocycles. The second-order valence-corrected chi connectivity index (χ2v) is 6.77. The van der Waals surface area contributed by atoms with Gasteiger partial charge in [-0.1, -0.05) is 24.3 Å². The van der Waals surface area contributed by atoms with Gasteiger partial charge in [0.2, 0.25) is 0 Å². The van der Waals surface area contributed by atoms with Gasteiger partial charge in [0, 0.05) is 0 Å². The van der Waals surface area contributed by atoms with Crippen molar-refractivity contribution < 1.29 is 8.42 Å². The first-order valence-corrected chi connectivity index (χ1v) is 7.96. The molecule has 0 aromatic heterocycles. The molecule has 3 nitrogen and oxygen atoms in total. The van der Waals surface area contributed by atoms with Crippen molar-refractivity contribution in [3.05, 3.63) is 58.7 Å². The van der Waals surface area contributed by atoms with Gasteiger partial charge in [-0.25, -0.2) is 8.42 Å². The Morgan fingerprint density at radius 2 is 1.60 bits per heavy atom. The molecule has 0 aliphatic carbocycles. The van der Waals surface area contributed by atoms with Crippen LogP contribution >= 0.6 is 0 Å². The summed E-state index contributed by atoms with van der Waals surface area (Å²) in [6.45, 7) is 7.56. The summed E-state index contributed by atoms with van der Waals surface area (Å²) in [5.41, 5.74) is 4.31. The Bertz CT molecular complexity index is 749. The highest BCUT2D eigenvalue weighted by Gasteiger charge is 2.18. The predicted molar refractivity (Wildman–Crippen MR) is 82.6 cm³/mol. The molecule has 2 aromatic carbocycles. The maximum absolute atomic E-state index is 12.5. The van der Waals surface area contributed by atoms with Crippen LogP contribution in [0, 0.1) is 27.7 Å². The van der Waals surface area contributed by atoms with Gasteiger partial charge in [-0.3, -0.25) is 4.72 Å². The average Bonchev–Trinajstić information content (AvgIpc) is 2.37. The smallest absolute Gasteiger partial charge is 0.262 e. The molecular formula is C16H19NO2S. The minimum absolute atomic E-state index is 0.332. The fourth-order valence-corrected chi connectivity index (χ4v) is 3.51. The van der Waals surface area contributed by atoms with E-state index in [0.29, 0.717) is 10.6 Å². The second-order valence-electron chi connectivity index (χ2n) is 5.12. The SMILES string of the molecule is Cc1ccc(C)c(S(=O)(=O)Nc2cccc(C)c2C)c1. The Morgan fingerprint density at radius 1 is 0.900 bits per heavy atom. The Balaban J connectivity index is 2.46. The van der Waals surface area contributed by atoms with Crippen LogP contribution in [-0.4, -0.2) is 8.42 Å². The lowest BCUT2D eigenvalue weighted by molar-refractivity contribution is 0.600. The van der Waals surface area contributed by atoms with Gasteiger partial charge in [-0.15, -0.1) is 0 Å². The molecule has 0 saturated carbocycles. The summed E-state index contributed by atoms with van der Waals surface area (Å²) >= 11 is 0. The third kappa shape index (κ3) is 2.85. The molecule has 0 aliphatic rings. The predicted octanol–water partition coefficient (Wildman–Crippen LogP) is 3.72. The first-order chi connectivity index (χ1) is 9.31. The van der Waals surface area contributed by atoms with E-state index >= 15 is 0 Å². The van der Waals surface area contributed by atoms with Crippen molar-refractivity contribution in [2.45, 2.75) is 32.6 Å². The first kappa shape index (κ1) is 14.6. The maximum atomic E-state index is 12.5. The summed E-state index contributed by atoms with van der Waals surface area (Å²) < 4.78 is 27.7. The number of hydrogen-bond donors (Lipinski definition) is 1. The zero-order valence-electron chi connectivity index (χ0n) is 12.2. The van der Waals surface area contributed by atoms with Crippen LogP contribution in [0.1, 0.15) is 22.3 Å². The lowest BCUT2D eigenvalue weighted by Crippen LogP contribution is -2.15. The lowest BCUT2D eigenvalue weighted by atomic mass is 10.1. The van der Waals surface area contributed by atoms with Crippen molar-refractivity contribution in [3.63, 3.8) is 0 Å². The Kier molecular flexibility index (Phi) is 3.86. The quantitative estimate of drug-likeness (QED) is 0.936. The molecule has 1 N–H and O–H groups in total. The summed E-state index contributed by atoms with van der Waals surface area (Å²) in [4.78, 5) is 0.332. The van der Waals surface area contributed by atoms with Gasteiger partial charge in [0.05, 0.1) is 10.6 Å². The largest absolute Gasteiger partial charge is 0.279 e. The summed E-state index contributed by atoms with van der Waals surface area (Å²) in [6, 6.07) is 11.0. The molecule has 0 radical (unpaired) electrons. The molecule has 106 valence electrons. The summed E-state index contributed by atoms with van der Waals surface area (Å²) in [5.74, 6) is 0. The normalized spacial score (nSPS) is 11.4. The van der Waals surface area contributed by atoms with Gasteiger partial charge in [0.15, 0.2) is 0 Å². The highest BCUT2D eigenvalue weighted by molar-refractivity contribution is 7.92. The molecule has 4 heteroatoms. The Hall–Kier alpha value is -1.81. The van der Waals surface area contributed by atoms with Gasteiger partial charge in [0.1, 0.15) is 0 Å². The fourth-order valence-electron chi connectivity index (χ4n) is 2.06. The number of benzene rings is 2. The van der Waals surface area contributed by atoms with E-state index in [1.807, 2.05) is 45.0 Å². The van der Waals surface area contributed by atoms with E-state index in [2.05, 4.69) is 4.72 Å². The van der Waals surface area contributed by atoms with Crippen molar-refractivity contribution in [3.8, 4) is 0 Å². The highest BCUT2D eigenvalue weighted by Crippen LogP contribution is 2.24. The number of hydrogen-bond acceptors (Lipinski definition) is 2. The molecule has 0 unspecified atom stereocenters. The number of anilines is 1. The van der Waals surface area contributed by atoms with Gasteiger partial charge in [-0.05, 0) is 62.1 Å². The fraction of sp³-hybridized carbons (Fsp3) is 0.250. The van der Waals surface area contributed by atoms with E-state index in [0.717, 1.165) is 22.3 Å². The molecule has 20 heavy (non-hydrogen) atoms. The average molecular weight is 289 g/mol. The summed E-state index contributed by atoms with van der Waals surface area (Å²) in [7, 11) is -3.56. The van der Waals surface area contributed by atoms with Gasteiger partial charge >= 0.3 is 0 Å². The second kappa shape index (κ2) is 5.29. The topological polar surface area (TPSA) is 46.2 Å². The minimum Gasteiger partial charge on any atom is -0.279 e. The number of sulfonamides is 1.